The fraction of sp³-hybridized carbons (Fsp3) is 0.500. The summed E-state index contributed by atoms with van der Waals surface area (Å²) < 4.78 is 25.9. The van der Waals surface area contributed by atoms with E-state index in [1.807, 2.05) is 0 Å². The van der Waals surface area contributed by atoms with Gasteiger partial charge in [-0.1, -0.05) is 13.0 Å². The number of hydrogen-bond donors (Lipinski definition) is 3. The molecule has 3 N–H and O–H groups in total. The zero-order valence-corrected chi connectivity index (χ0v) is 14.1. The molecule has 0 bridgehead atoms. The van der Waals surface area contributed by atoms with E-state index < -0.39 is 10.0 Å². The van der Waals surface area contributed by atoms with E-state index in [1.165, 1.54) is 0 Å². The summed E-state index contributed by atoms with van der Waals surface area (Å²) in [4.78, 5) is 12.0. The maximum Gasteiger partial charge on any atom is 0.251 e. The molecule has 0 aromatic heterocycles. The molecule has 22 heavy (non-hydrogen) atoms. The molecule has 1 fully saturated rings. The van der Waals surface area contributed by atoms with Gasteiger partial charge in [0, 0.05) is 36.8 Å². The van der Waals surface area contributed by atoms with Gasteiger partial charge >= 0.3 is 0 Å². The molecule has 8 heteroatoms. The quantitative estimate of drug-likeness (QED) is 0.692. The van der Waals surface area contributed by atoms with Crippen molar-refractivity contribution in [2.45, 2.75) is 13.3 Å². The van der Waals surface area contributed by atoms with Crippen LogP contribution < -0.4 is 15.4 Å². The smallest absolute Gasteiger partial charge is 0.251 e. The lowest BCUT2D eigenvalue weighted by Gasteiger charge is -2.27. The van der Waals surface area contributed by atoms with Crippen molar-refractivity contribution in [2.75, 3.05) is 30.1 Å². The summed E-state index contributed by atoms with van der Waals surface area (Å²) in [6.07, 6.45) is 0.547. The van der Waals surface area contributed by atoms with E-state index in [-0.39, 0.29) is 24.1 Å². The topological polar surface area (TPSA) is 87.3 Å². The SMILES string of the molecule is CCCS(=O)(=O)Nc1cccc(C(=O)NCC2CNC2)c1.Cl. The van der Waals surface area contributed by atoms with Crippen LogP contribution in [0.25, 0.3) is 0 Å². The van der Waals surface area contributed by atoms with Crippen molar-refractivity contribution in [2.24, 2.45) is 5.92 Å². The van der Waals surface area contributed by atoms with E-state index in [1.54, 1.807) is 31.2 Å². The van der Waals surface area contributed by atoms with Crippen molar-refractivity contribution in [1.82, 2.24) is 10.6 Å². The summed E-state index contributed by atoms with van der Waals surface area (Å²) >= 11 is 0. The average Bonchev–Trinajstić information content (AvgIpc) is 2.36. The van der Waals surface area contributed by atoms with E-state index in [2.05, 4.69) is 15.4 Å². The van der Waals surface area contributed by atoms with Gasteiger partial charge in [-0.2, -0.15) is 0 Å². The molecule has 2 rings (SSSR count). The zero-order chi connectivity index (χ0) is 15.3. The number of rotatable bonds is 7. The third kappa shape index (κ3) is 5.47. The van der Waals surface area contributed by atoms with Crippen molar-refractivity contribution < 1.29 is 13.2 Å². The Balaban J connectivity index is 0.00000242. The fourth-order valence-corrected chi connectivity index (χ4v) is 3.18. The first kappa shape index (κ1) is 18.7. The van der Waals surface area contributed by atoms with Crippen LogP contribution in [0.2, 0.25) is 0 Å². The summed E-state index contributed by atoms with van der Waals surface area (Å²) in [6, 6.07) is 6.54. The number of halogens is 1. The van der Waals surface area contributed by atoms with Crippen LogP contribution in [-0.2, 0) is 10.0 Å². The molecule has 1 amide bonds. The third-order valence-electron chi connectivity index (χ3n) is 3.29. The fourth-order valence-electron chi connectivity index (χ4n) is 2.06. The molecular weight excluding hydrogens is 326 g/mol. The standard InChI is InChI=1S/C14H21N3O3S.ClH/c1-2-6-21(19,20)17-13-5-3-4-12(7-13)14(18)16-10-11-8-15-9-11;/h3-5,7,11,15,17H,2,6,8-10H2,1H3,(H,16,18);1H. The number of carbonyl (C=O) groups excluding carboxylic acids is 1. The van der Waals surface area contributed by atoms with Gasteiger partial charge in [0.2, 0.25) is 10.0 Å². The average molecular weight is 348 g/mol. The number of anilines is 1. The molecule has 1 heterocycles. The van der Waals surface area contributed by atoms with Gasteiger partial charge in [0.1, 0.15) is 0 Å². The van der Waals surface area contributed by atoms with Crippen molar-refractivity contribution in [3.8, 4) is 0 Å². The van der Waals surface area contributed by atoms with Crippen molar-refractivity contribution in [3.63, 3.8) is 0 Å². The number of benzene rings is 1. The van der Waals surface area contributed by atoms with Gasteiger partial charge in [0.05, 0.1) is 5.75 Å². The molecule has 0 atom stereocenters. The molecule has 1 aliphatic heterocycles. The highest BCUT2D eigenvalue weighted by Gasteiger charge is 2.18. The Bertz CT molecular complexity index is 603. The Morgan fingerprint density at radius 3 is 2.68 bits per heavy atom. The van der Waals surface area contributed by atoms with E-state index in [9.17, 15) is 13.2 Å². The number of nitrogens with one attached hydrogen (secondary N) is 3. The van der Waals surface area contributed by atoms with Crippen LogP contribution in [0.15, 0.2) is 24.3 Å². The van der Waals surface area contributed by atoms with Crippen LogP contribution in [0.1, 0.15) is 23.7 Å². The second-order valence-corrected chi connectivity index (χ2v) is 7.08. The Kier molecular flexibility index (Phi) is 7.12. The first-order valence-electron chi connectivity index (χ1n) is 7.09. The molecule has 1 aromatic rings. The molecule has 0 aliphatic carbocycles. The molecule has 6 nitrogen and oxygen atoms in total. The summed E-state index contributed by atoms with van der Waals surface area (Å²) in [5, 5.41) is 6.00. The molecular formula is C14H22ClN3O3S. The van der Waals surface area contributed by atoms with Crippen LogP contribution in [0, 0.1) is 5.92 Å². The monoisotopic (exact) mass is 347 g/mol. The van der Waals surface area contributed by atoms with Crippen LogP contribution >= 0.6 is 12.4 Å². The molecule has 0 saturated carbocycles. The first-order chi connectivity index (χ1) is 10.00. The Morgan fingerprint density at radius 1 is 1.36 bits per heavy atom. The molecule has 0 spiro atoms. The van der Waals surface area contributed by atoms with E-state index >= 15 is 0 Å². The molecule has 1 saturated heterocycles. The van der Waals surface area contributed by atoms with Gasteiger partial charge < -0.3 is 10.6 Å². The van der Waals surface area contributed by atoms with Crippen molar-refractivity contribution >= 4 is 34.0 Å². The largest absolute Gasteiger partial charge is 0.352 e. The van der Waals surface area contributed by atoms with Crippen LogP contribution in [0.5, 0.6) is 0 Å². The highest BCUT2D eigenvalue weighted by Crippen LogP contribution is 2.13. The highest BCUT2D eigenvalue weighted by atomic mass is 35.5. The van der Waals surface area contributed by atoms with Gasteiger partial charge in [-0.3, -0.25) is 9.52 Å². The molecule has 1 aliphatic rings. The van der Waals surface area contributed by atoms with Gasteiger partial charge in [0.25, 0.3) is 5.91 Å². The Hall–Kier alpha value is -1.31. The predicted octanol–water partition coefficient (Wildman–Crippen LogP) is 1.21. The lowest BCUT2D eigenvalue weighted by atomic mass is 10.0. The number of sulfonamides is 1. The molecule has 1 aromatic carbocycles. The summed E-state index contributed by atoms with van der Waals surface area (Å²) in [5.74, 6) is 0.372. The van der Waals surface area contributed by atoms with Crippen molar-refractivity contribution in [3.05, 3.63) is 29.8 Å². The van der Waals surface area contributed by atoms with Crippen LogP contribution in [0.4, 0.5) is 5.69 Å². The van der Waals surface area contributed by atoms with Gasteiger partial charge in [-0.15, -0.1) is 12.4 Å². The van der Waals surface area contributed by atoms with Crippen LogP contribution in [-0.4, -0.2) is 39.7 Å². The van der Waals surface area contributed by atoms with Gasteiger partial charge in [0.15, 0.2) is 0 Å². The molecule has 0 unspecified atom stereocenters. The summed E-state index contributed by atoms with van der Waals surface area (Å²) in [6.45, 7) is 4.30. The first-order valence-corrected chi connectivity index (χ1v) is 8.75. The maximum atomic E-state index is 12.0. The zero-order valence-electron chi connectivity index (χ0n) is 12.5. The van der Waals surface area contributed by atoms with Gasteiger partial charge in [-0.25, -0.2) is 8.42 Å². The lowest BCUT2D eigenvalue weighted by molar-refractivity contribution is 0.0942. The summed E-state index contributed by atoms with van der Waals surface area (Å²) in [7, 11) is -3.34. The Labute approximate surface area is 137 Å². The highest BCUT2D eigenvalue weighted by molar-refractivity contribution is 7.92. The molecule has 124 valence electrons. The number of carbonyl (C=O) groups is 1. The van der Waals surface area contributed by atoms with E-state index in [0.29, 0.717) is 30.1 Å². The van der Waals surface area contributed by atoms with E-state index in [0.717, 1.165) is 13.1 Å². The second-order valence-electron chi connectivity index (χ2n) is 5.24. The van der Waals surface area contributed by atoms with Crippen molar-refractivity contribution in [1.29, 1.82) is 0 Å². The maximum absolute atomic E-state index is 12.0. The second kappa shape index (κ2) is 8.36. The normalized spacial score (nSPS) is 14.6. The summed E-state index contributed by atoms with van der Waals surface area (Å²) in [5.41, 5.74) is 0.875. The molecule has 0 radical (unpaired) electrons. The minimum atomic E-state index is -3.34. The minimum Gasteiger partial charge on any atom is -0.352 e. The van der Waals surface area contributed by atoms with Gasteiger partial charge in [-0.05, 0) is 24.6 Å². The lowest BCUT2D eigenvalue weighted by Crippen LogP contribution is -2.48. The minimum absolute atomic E-state index is 0. The predicted molar refractivity (Wildman–Crippen MR) is 90.1 cm³/mol. The third-order valence-corrected chi connectivity index (χ3v) is 4.78. The Morgan fingerprint density at radius 2 is 2.09 bits per heavy atom. The van der Waals surface area contributed by atoms with Crippen LogP contribution in [0.3, 0.4) is 0 Å². The number of amides is 1. The van der Waals surface area contributed by atoms with E-state index in [4.69, 9.17) is 0 Å². The number of hydrogen-bond acceptors (Lipinski definition) is 4.